The van der Waals surface area contributed by atoms with Crippen molar-refractivity contribution >= 4 is 28.5 Å². The fourth-order valence-electron chi connectivity index (χ4n) is 4.07. The van der Waals surface area contributed by atoms with Crippen LogP contribution in [0.15, 0.2) is 47.3 Å². The second-order valence-electron chi connectivity index (χ2n) is 8.30. The van der Waals surface area contributed by atoms with E-state index in [1.54, 1.807) is 42.5 Å². The molecular formula is C24H26N4O3. The maximum absolute atomic E-state index is 12.8. The first-order valence-electron chi connectivity index (χ1n) is 10.6. The molecule has 3 N–H and O–H groups in total. The highest BCUT2D eigenvalue weighted by atomic mass is 16.2. The topological polar surface area (TPSA) is 104 Å². The molecule has 0 aliphatic heterocycles. The zero-order chi connectivity index (χ0) is 22.0. The summed E-state index contributed by atoms with van der Waals surface area (Å²) in [6, 6.07) is 12.3. The number of anilines is 1. The molecule has 31 heavy (non-hydrogen) atoms. The molecule has 0 atom stereocenters. The van der Waals surface area contributed by atoms with Crippen molar-refractivity contribution < 1.29 is 9.59 Å². The number of rotatable bonds is 4. The van der Waals surface area contributed by atoms with Gasteiger partial charge in [-0.15, -0.1) is 0 Å². The Labute approximate surface area is 180 Å². The summed E-state index contributed by atoms with van der Waals surface area (Å²) < 4.78 is 0. The van der Waals surface area contributed by atoms with E-state index in [-0.39, 0.29) is 29.1 Å². The molecule has 0 spiro atoms. The molecular weight excluding hydrogens is 392 g/mol. The van der Waals surface area contributed by atoms with Crippen molar-refractivity contribution in [2.45, 2.75) is 45.6 Å². The molecule has 1 fully saturated rings. The SMILES string of the molecule is CC(=O)Nc1ccccc1-c1nc2ccc(C(=O)NC3CCC(C)CC3)cc2[nH]c1=O. The van der Waals surface area contributed by atoms with Crippen LogP contribution in [-0.2, 0) is 4.79 Å². The van der Waals surface area contributed by atoms with Gasteiger partial charge in [0.05, 0.1) is 16.7 Å². The van der Waals surface area contributed by atoms with Crippen LogP contribution in [0.1, 0.15) is 49.9 Å². The summed E-state index contributed by atoms with van der Waals surface area (Å²) in [7, 11) is 0. The minimum atomic E-state index is -0.385. The summed E-state index contributed by atoms with van der Waals surface area (Å²) in [6.45, 7) is 3.66. The standard InChI is InChI=1S/C24H26N4O3/c1-14-7-10-17(11-8-14)26-23(30)16-9-12-20-21(13-16)28-24(31)22(27-20)18-5-3-4-6-19(18)25-15(2)29/h3-6,9,12-14,17H,7-8,10-11H2,1-2H3,(H,25,29)(H,26,30)(H,28,31). The third-order valence-electron chi connectivity index (χ3n) is 5.80. The van der Waals surface area contributed by atoms with E-state index in [1.165, 1.54) is 6.92 Å². The van der Waals surface area contributed by atoms with Crippen LogP contribution in [0.4, 0.5) is 5.69 Å². The lowest BCUT2D eigenvalue weighted by Crippen LogP contribution is -2.37. The van der Waals surface area contributed by atoms with E-state index in [0.29, 0.717) is 27.8 Å². The predicted molar refractivity (Wildman–Crippen MR) is 121 cm³/mol. The number of H-pyrrole nitrogens is 1. The fraction of sp³-hybridized carbons (Fsp3) is 0.333. The average molecular weight is 418 g/mol. The van der Waals surface area contributed by atoms with Gasteiger partial charge in [0.1, 0.15) is 5.69 Å². The van der Waals surface area contributed by atoms with Gasteiger partial charge in [0.25, 0.3) is 11.5 Å². The van der Waals surface area contributed by atoms with Crippen molar-refractivity contribution in [3.8, 4) is 11.3 Å². The zero-order valence-corrected chi connectivity index (χ0v) is 17.7. The number of aromatic nitrogens is 2. The van der Waals surface area contributed by atoms with Gasteiger partial charge in [-0.2, -0.15) is 0 Å². The van der Waals surface area contributed by atoms with Gasteiger partial charge in [0, 0.05) is 24.1 Å². The van der Waals surface area contributed by atoms with Gasteiger partial charge in [-0.05, 0) is 55.9 Å². The maximum Gasteiger partial charge on any atom is 0.275 e. The van der Waals surface area contributed by atoms with Crippen molar-refractivity contribution in [3.05, 3.63) is 58.4 Å². The Morgan fingerprint density at radius 2 is 1.81 bits per heavy atom. The Balaban J connectivity index is 1.62. The number of nitrogens with one attached hydrogen (secondary N) is 3. The van der Waals surface area contributed by atoms with Crippen LogP contribution < -0.4 is 16.2 Å². The molecule has 2 aromatic carbocycles. The second-order valence-corrected chi connectivity index (χ2v) is 8.30. The van der Waals surface area contributed by atoms with Crippen LogP contribution in [0.2, 0.25) is 0 Å². The molecule has 3 aromatic rings. The van der Waals surface area contributed by atoms with Crippen LogP contribution in [0.25, 0.3) is 22.3 Å². The summed E-state index contributed by atoms with van der Waals surface area (Å²) >= 11 is 0. The number of benzene rings is 2. The number of nitrogens with zero attached hydrogens (tertiary/aromatic N) is 1. The Kier molecular flexibility index (Phi) is 5.84. The van der Waals surface area contributed by atoms with E-state index in [4.69, 9.17) is 0 Å². The van der Waals surface area contributed by atoms with Crippen LogP contribution in [0, 0.1) is 5.92 Å². The molecule has 1 aliphatic rings. The van der Waals surface area contributed by atoms with Gasteiger partial charge < -0.3 is 15.6 Å². The van der Waals surface area contributed by atoms with Crippen molar-refractivity contribution in [1.29, 1.82) is 0 Å². The van der Waals surface area contributed by atoms with Crippen LogP contribution in [0.5, 0.6) is 0 Å². The predicted octanol–water partition coefficient (Wildman–Crippen LogP) is 3.86. The number of hydrogen-bond donors (Lipinski definition) is 3. The molecule has 0 saturated heterocycles. The number of aromatic amines is 1. The lowest BCUT2D eigenvalue weighted by molar-refractivity contribution is -0.114. The smallest absolute Gasteiger partial charge is 0.275 e. The van der Waals surface area contributed by atoms with Crippen molar-refractivity contribution in [1.82, 2.24) is 15.3 Å². The van der Waals surface area contributed by atoms with Crippen LogP contribution in [-0.4, -0.2) is 27.8 Å². The van der Waals surface area contributed by atoms with E-state index in [1.807, 2.05) is 0 Å². The third-order valence-corrected chi connectivity index (χ3v) is 5.80. The maximum atomic E-state index is 12.8. The Morgan fingerprint density at radius 3 is 2.55 bits per heavy atom. The Hall–Kier alpha value is -3.48. The summed E-state index contributed by atoms with van der Waals surface area (Å²) in [5.41, 5.74) is 2.44. The van der Waals surface area contributed by atoms with Crippen molar-refractivity contribution in [2.75, 3.05) is 5.32 Å². The molecule has 0 bridgehead atoms. The number of hydrogen-bond acceptors (Lipinski definition) is 4. The highest BCUT2D eigenvalue weighted by molar-refractivity contribution is 5.98. The molecule has 160 valence electrons. The molecule has 1 aromatic heterocycles. The lowest BCUT2D eigenvalue weighted by atomic mass is 9.87. The van der Waals surface area contributed by atoms with Gasteiger partial charge in [0.15, 0.2) is 0 Å². The first kappa shape index (κ1) is 20.8. The zero-order valence-electron chi connectivity index (χ0n) is 17.7. The Morgan fingerprint density at radius 1 is 1.06 bits per heavy atom. The molecule has 1 saturated carbocycles. The number of carbonyl (C=O) groups excluding carboxylic acids is 2. The minimum Gasteiger partial charge on any atom is -0.349 e. The Bertz CT molecular complexity index is 1190. The van der Waals surface area contributed by atoms with Gasteiger partial charge in [0.2, 0.25) is 5.91 Å². The average Bonchev–Trinajstić information content (AvgIpc) is 2.74. The largest absolute Gasteiger partial charge is 0.349 e. The summed E-state index contributed by atoms with van der Waals surface area (Å²) in [4.78, 5) is 44.3. The van der Waals surface area contributed by atoms with E-state index in [2.05, 4.69) is 27.5 Å². The number of fused-ring (bicyclic) bond motifs is 1. The van der Waals surface area contributed by atoms with Gasteiger partial charge in [-0.25, -0.2) is 4.98 Å². The number of para-hydroxylation sites is 1. The fourth-order valence-corrected chi connectivity index (χ4v) is 4.07. The van der Waals surface area contributed by atoms with Crippen LogP contribution >= 0.6 is 0 Å². The minimum absolute atomic E-state index is 0.137. The quantitative estimate of drug-likeness (QED) is 0.598. The van der Waals surface area contributed by atoms with E-state index >= 15 is 0 Å². The molecule has 7 heteroatoms. The summed E-state index contributed by atoms with van der Waals surface area (Å²) in [5, 5.41) is 5.83. The summed E-state index contributed by atoms with van der Waals surface area (Å²) in [5.74, 6) is 0.352. The van der Waals surface area contributed by atoms with E-state index in [9.17, 15) is 14.4 Å². The monoisotopic (exact) mass is 418 g/mol. The first-order chi connectivity index (χ1) is 14.9. The van der Waals surface area contributed by atoms with Crippen molar-refractivity contribution in [2.24, 2.45) is 5.92 Å². The normalized spacial score (nSPS) is 18.5. The van der Waals surface area contributed by atoms with Crippen LogP contribution in [0.3, 0.4) is 0 Å². The van der Waals surface area contributed by atoms with Gasteiger partial charge in [-0.3, -0.25) is 14.4 Å². The molecule has 4 rings (SSSR count). The highest BCUT2D eigenvalue weighted by Gasteiger charge is 2.21. The molecule has 1 aliphatic carbocycles. The lowest BCUT2D eigenvalue weighted by Gasteiger charge is -2.26. The molecule has 7 nitrogen and oxygen atoms in total. The third kappa shape index (κ3) is 4.66. The first-order valence-corrected chi connectivity index (χ1v) is 10.6. The van der Waals surface area contributed by atoms with Gasteiger partial charge in [-0.1, -0.05) is 25.1 Å². The number of amides is 2. The molecule has 2 amide bonds. The molecule has 0 radical (unpaired) electrons. The summed E-state index contributed by atoms with van der Waals surface area (Å²) in [6.07, 6.45) is 4.25. The van der Waals surface area contributed by atoms with E-state index in [0.717, 1.165) is 31.6 Å². The van der Waals surface area contributed by atoms with Gasteiger partial charge >= 0.3 is 0 Å². The van der Waals surface area contributed by atoms with E-state index < -0.39 is 0 Å². The van der Waals surface area contributed by atoms with Crippen molar-refractivity contribution in [3.63, 3.8) is 0 Å². The highest BCUT2D eigenvalue weighted by Crippen LogP contribution is 2.26. The number of carbonyl (C=O) groups is 2. The molecule has 1 heterocycles. The molecule has 0 unspecified atom stereocenters. The second kappa shape index (κ2) is 8.71.